The van der Waals surface area contributed by atoms with Crippen molar-refractivity contribution in [2.75, 3.05) is 25.5 Å². The molecule has 3 rings (SSSR count). The number of benzene rings is 1. The fourth-order valence-corrected chi connectivity index (χ4v) is 4.19. The van der Waals surface area contributed by atoms with Gasteiger partial charge >= 0.3 is 5.97 Å². The van der Waals surface area contributed by atoms with E-state index in [-0.39, 0.29) is 24.6 Å². The van der Waals surface area contributed by atoms with Crippen molar-refractivity contribution in [3.05, 3.63) is 51.4 Å². The Balaban J connectivity index is 0.00000261. The van der Waals surface area contributed by atoms with Crippen molar-refractivity contribution in [2.24, 2.45) is 0 Å². The fraction of sp³-hybridized carbons (Fsp3) is 0.333. The van der Waals surface area contributed by atoms with Crippen LogP contribution in [0.25, 0.3) is 0 Å². The highest BCUT2D eigenvalue weighted by atomic mass is 35.5. The number of nitrogens with one attached hydrogen (secondary N) is 1. The third-order valence-electron chi connectivity index (χ3n) is 4.13. The van der Waals surface area contributed by atoms with Crippen molar-refractivity contribution < 1.29 is 23.1 Å². The summed E-state index contributed by atoms with van der Waals surface area (Å²) in [5.41, 5.74) is 0.905. The number of hydrogen-bond acceptors (Lipinski definition) is 5. The smallest absolute Gasteiger partial charge is 0.341 e. The average Bonchev–Trinajstić information content (AvgIpc) is 2.91. The van der Waals surface area contributed by atoms with Gasteiger partial charge in [-0.25, -0.2) is 13.6 Å². The molecule has 0 spiro atoms. The third-order valence-corrected chi connectivity index (χ3v) is 5.26. The molecule has 2 heterocycles. The first-order valence-corrected chi connectivity index (χ1v) is 8.99. The molecule has 1 aromatic heterocycles. The van der Waals surface area contributed by atoms with Crippen LogP contribution in [0.3, 0.4) is 0 Å². The largest absolute Gasteiger partial charge is 0.462 e. The highest BCUT2D eigenvalue weighted by molar-refractivity contribution is 7.17. The Labute approximate surface area is 165 Å². The van der Waals surface area contributed by atoms with Crippen LogP contribution in [-0.4, -0.2) is 37.0 Å². The van der Waals surface area contributed by atoms with Crippen LogP contribution >= 0.6 is 23.7 Å². The molecule has 1 amide bonds. The molecule has 0 saturated carbocycles. The second kappa shape index (κ2) is 8.77. The molecule has 2 aromatic rings. The monoisotopic (exact) mass is 416 g/mol. The van der Waals surface area contributed by atoms with Crippen molar-refractivity contribution in [3.8, 4) is 0 Å². The van der Waals surface area contributed by atoms with Gasteiger partial charge in [0.1, 0.15) is 16.6 Å². The van der Waals surface area contributed by atoms with E-state index in [1.807, 2.05) is 7.05 Å². The fourth-order valence-electron chi connectivity index (χ4n) is 2.88. The van der Waals surface area contributed by atoms with E-state index in [1.54, 1.807) is 6.92 Å². The maximum absolute atomic E-state index is 13.9. The van der Waals surface area contributed by atoms with Crippen LogP contribution in [0.4, 0.5) is 13.8 Å². The molecule has 1 aromatic carbocycles. The van der Waals surface area contributed by atoms with Crippen molar-refractivity contribution >= 4 is 40.6 Å². The number of carbonyl (C=O) groups is 2. The van der Waals surface area contributed by atoms with Crippen LogP contribution in [0.5, 0.6) is 0 Å². The lowest BCUT2D eigenvalue weighted by Gasteiger charge is -2.22. The molecule has 0 radical (unpaired) electrons. The molecular weight excluding hydrogens is 398 g/mol. The zero-order valence-corrected chi connectivity index (χ0v) is 16.4. The highest BCUT2D eigenvalue weighted by Gasteiger charge is 2.29. The predicted octanol–water partition coefficient (Wildman–Crippen LogP) is 3.87. The van der Waals surface area contributed by atoms with E-state index in [4.69, 9.17) is 4.74 Å². The number of rotatable bonds is 4. The number of amides is 1. The second-order valence-corrected chi connectivity index (χ2v) is 7.10. The summed E-state index contributed by atoms with van der Waals surface area (Å²) in [7, 11) is 1.97. The lowest BCUT2D eigenvalue weighted by Crippen LogP contribution is -2.26. The normalized spacial score (nSPS) is 13.5. The Bertz CT molecular complexity index is 873. The number of thiophene rings is 1. The van der Waals surface area contributed by atoms with Gasteiger partial charge in [0.15, 0.2) is 0 Å². The highest BCUT2D eigenvalue weighted by Crippen LogP contribution is 2.37. The summed E-state index contributed by atoms with van der Waals surface area (Å²) in [6.07, 6.45) is 0.664. The minimum atomic E-state index is -0.957. The average molecular weight is 417 g/mol. The number of fused-ring (bicyclic) bond motifs is 1. The molecule has 27 heavy (non-hydrogen) atoms. The maximum atomic E-state index is 13.9. The summed E-state index contributed by atoms with van der Waals surface area (Å²) in [6, 6.07) is 2.74. The Hall–Kier alpha value is -2.03. The Morgan fingerprint density at radius 3 is 2.74 bits per heavy atom. The summed E-state index contributed by atoms with van der Waals surface area (Å²) in [5.74, 6) is -2.97. The molecule has 1 N–H and O–H groups in total. The van der Waals surface area contributed by atoms with Crippen LogP contribution in [0.1, 0.15) is 38.1 Å². The number of nitrogens with zero attached hydrogens (tertiary/aromatic N) is 1. The third kappa shape index (κ3) is 4.45. The molecule has 0 fully saturated rings. The standard InChI is InChI=1S/C18H18F2N2O3S.ClH/c1-3-25-18(24)15-12-6-7-22(2)9-14(12)26-17(15)21-16(23)11-5-4-10(19)8-13(11)20;/h4-5,8H,3,6-7,9H2,1-2H3,(H,21,23);1H. The zero-order chi connectivity index (χ0) is 18.8. The molecule has 0 atom stereocenters. The number of hydrogen-bond donors (Lipinski definition) is 1. The molecule has 0 saturated heterocycles. The summed E-state index contributed by atoms with van der Waals surface area (Å²) < 4.78 is 32.0. The molecule has 9 heteroatoms. The molecule has 0 unspecified atom stereocenters. The van der Waals surface area contributed by atoms with Gasteiger partial charge < -0.3 is 15.0 Å². The first-order chi connectivity index (χ1) is 12.4. The van der Waals surface area contributed by atoms with E-state index in [0.29, 0.717) is 29.6 Å². The Morgan fingerprint density at radius 1 is 1.33 bits per heavy atom. The van der Waals surface area contributed by atoms with Gasteiger partial charge in [0.2, 0.25) is 0 Å². The van der Waals surface area contributed by atoms with Crippen LogP contribution in [-0.2, 0) is 17.7 Å². The van der Waals surface area contributed by atoms with E-state index >= 15 is 0 Å². The van der Waals surface area contributed by atoms with Gasteiger partial charge in [0, 0.05) is 24.0 Å². The molecule has 1 aliphatic rings. The van der Waals surface area contributed by atoms with Crippen LogP contribution in [0.15, 0.2) is 18.2 Å². The van der Waals surface area contributed by atoms with Gasteiger partial charge in [-0.3, -0.25) is 4.79 Å². The van der Waals surface area contributed by atoms with Crippen LogP contribution in [0, 0.1) is 11.6 Å². The van der Waals surface area contributed by atoms with Gasteiger partial charge in [-0.05, 0) is 38.1 Å². The van der Waals surface area contributed by atoms with Crippen molar-refractivity contribution in [3.63, 3.8) is 0 Å². The number of ether oxygens (including phenoxy) is 1. The Morgan fingerprint density at radius 2 is 2.07 bits per heavy atom. The topological polar surface area (TPSA) is 58.6 Å². The number of carbonyl (C=O) groups excluding carboxylic acids is 2. The number of anilines is 1. The summed E-state index contributed by atoms with van der Waals surface area (Å²) in [6.45, 7) is 3.36. The lowest BCUT2D eigenvalue weighted by atomic mass is 10.0. The molecule has 146 valence electrons. The van der Waals surface area contributed by atoms with E-state index in [1.165, 1.54) is 11.3 Å². The van der Waals surface area contributed by atoms with Crippen LogP contribution in [0.2, 0.25) is 0 Å². The molecule has 5 nitrogen and oxygen atoms in total. The van der Waals surface area contributed by atoms with E-state index in [0.717, 1.165) is 29.1 Å². The number of esters is 1. The number of likely N-dealkylation sites (N-methyl/N-ethyl adjacent to an activating group) is 1. The molecule has 1 aliphatic heterocycles. The summed E-state index contributed by atoms with van der Waals surface area (Å²) >= 11 is 1.28. The second-order valence-electron chi connectivity index (χ2n) is 5.99. The summed E-state index contributed by atoms with van der Waals surface area (Å²) in [4.78, 5) is 27.9. The van der Waals surface area contributed by atoms with Gasteiger partial charge in [-0.1, -0.05) is 0 Å². The van der Waals surface area contributed by atoms with Crippen molar-refractivity contribution in [1.29, 1.82) is 0 Å². The van der Waals surface area contributed by atoms with Crippen molar-refractivity contribution in [2.45, 2.75) is 19.9 Å². The molecule has 0 aliphatic carbocycles. The van der Waals surface area contributed by atoms with E-state index in [2.05, 4.69) is 10.2 Å². The van der Waals surface area contributed by atoms with E-state index < -0.39 is 23.5 Å². The minimum Gasteiger partial charge on any atom is -0.462 e. The molecular formula is C18H19ClF2N2O3S. The van der Waals surface area contributed by atoms with Gasteiger partial charge in [0.25, 0.3) is 5.91 Å². The zero-order valence-electron chi connectivity index (χ0n) is 14.8. The molecule has 0 bridgehead atoms. The van der Waals surface area contributed by atoms with E-state index in [9.17, 15) is 18.4 Å². The number of halogens is 3. The van der Waals surface area contributed by atoms with Gasteiger partial charge in [0.05, 0.1) is 17.7 Å². The quantitative estimate of drug-likeness (QED) is 0.769. The van der Waals surface area contributed by atoms with Crippen LogP contribution < -0.4 is 5.32 Å². The Kier molecular flexibility index (Phi) is 6.91. The lowest BCUT2D eigenvalue weighted by molar-refractivity contribution is 0.0526. The SMILES string of the molecule is CCOC(=O)c1c(NC(=O)c2ccc(F)cc2F)sc2c1CCN(C)C2.Cl. The van der Waals surface area contributed by atoms with Gasteiger partial charge in [-0.15, -0.1) is 23.7 Å². The maximum Gasteiger partial charge on any atom is 0.341 e. The van der Waals surface area contributed by atoms with Crippen molar-refractivity contribution in [1.82, 2.24) is 4.90 Å². The first kappa shape index (κ1) is 21.3. The predicted molar refractivity (Wildman–Crippen MR) is 102 cm³/mol. The first-order valence-electron chi connectivity index (χ1n) is 8.17. The minimum absolute atomic E-state index is 0. The summed E-state index contributed by atoms with van der Waals surface area (Å²) in [5, 5.41) is 2.93. The van der Waals surface area contributed by atoms with Gasteiger partial charge in [-0.2, -0.15) is 0 Å².